The molecule has 0 aliphatic rings. The number of carbonyl (C=O) groups excluding carboxylic acids is 1. The SMILES string of the molecule is C=C(C)C(=O)Nc1cc(C#N)c(F)c(F)c1F. The maximum atomic E-state index is 13.2. The molecule has 0 aliphatic heterocycles. The molecule has 0 bridgehead atoms. The Balaban J connectivity index is 3.27. The standard InChI is InChI=1S/C11H7F3N2O/c1-5(2)11(17)16-7-3-6(4-15)8(12)10(14)9(7)13/h3H,1H2,2H3,(H,16,17). The van der Waals surface area contributed by atoms with Crippen LogP contribution >= 0.6 is 0 Å². The van der Waals surface area contributed by atoms with E-state index < -0.39 is 34.6 Å². The van der Waals surface area contributed by atoms with E-state index in [1.165, 1.54) is 13.0 Å². The lowest BCUT2D eigenvalue weighted by molar-refractivity contribution is -0.112. The Hall–Kier alpha value is -2.29. The van der Waals surface area contributed by atoms with Gasteiger partial charge in [0.05, 0.1) is 11.3 Å². The van der Waals surface area contributed by atoms with Crippen LogP contribution in [0.5, 0.6) is 0 Å². The molecule has 88 valence electrons. The van der Waals surface area contributed by atoms with Crippen molar-refractivity contribution in [3.63, 3.8) is 0 Å². The van der Waals surface area contributed by atoms with Gasteiger partial charge in [-0.2, -0.15) is 5.26 Å². The fraction of sp³-hybridized carbons (Fsp3) is 0.0909. The first-order valence-corrected chi connectivity index (χ1v) is 4.43. The van der Waals surface area contributed by atoms with Crippen molar-refractivity contribution in [3.05, 3.63) is 41.2 Å². The summed E-state index contributed by atoms with van der Waals surface area (Å²) in [5, 5.41) is 10.5. The highest BCUT2D eigenvalue weighted by Crippen LogP contribution is 2.23. The van der Waals surface area contributed by atoms with Crippen molar-refractivity contribution in [2.75, 3.05) is 5.32 Å². The first-order chi connectivity index (χ1) is 7.88. The van der Waals surface area contributed by atoms with Gasteiger partial charge in [-0.1, -0.05) is 6.58 Å². The summed E-state index contributed by atoms with van der Waals surface area (Å²) in [5.74, 6) is -5.70. The number of amides is 1. The lowest BCUT2D eigenvalue weighted by Gasteiger charge is -2.07. The minimum Gasteiger partial charge on any atom is -0.320 e. The lowest BCUT2D eigenvalue weighted by atomic mass is 10.1. The Morgan fingerprint density at radius 3 is 2.41 bits per heavy atom. The van der Waals surface area contributed by atoms with Crippen molar-refractivity contribution in [3.8, 4) is 6.07 Å². The van der Waals surface area contributed by atoms with Gasteiger partial charge in [0.2, 0.25) is 0 Å². The van der Waals surface area contributed by atoms with Crippen LogP contribution in [-0.4, -0.2) is 5.91 Å². The average Bonchev–Trinajstić information content (AvgIpc) is 2.29. The summed E-state index contributed by atoms with van der Waals surface area (Å²) < 4.78 is 39.2. The molecule has 17 heavy (non-hydrogen) atoms. The van der Waals surface area contributed by atoms with Gasteiger partial charge in [-0.05, 0) is 13.0 Å². The molecule has 0 unspecified atom stereocenters. The van der Waals surface area contributed by atoms with Crippen LogP contribution in [0.15, 0.2) is 18.2 Å². The zero-order valence-corrected chi connectivity index (χ0v) is 8.77. The van der Waals surface area contributed by atoms with E-state index >= 15 is 0 Å². The van der Waals surface area contributed by atoms with Crippen molar-refractivity contribution >= 4 is 11.6 Å². The Bertz CT molecular complexity index is 547. The van der Waals surface area contributed by atoms with E-state index in [1.54, 1.807) is 0 Å². The van der Waals surface area contributed by atoms with E-state index in [9.17, 15) is 18.0 Å². The molecule has 0 fully saturated rings. The molecule has 1 aromatic rings. The van der Waals surface area contributed by atoms with Crippen LogP contribution in [0.4, 0.5) is 18.9 Å². The zero-order chi connectivity index (χ0) is 13.2. The second kappa shape index (κ2) is 4.70. The van der Waals surface area contributed by atoms with E-state index in [-0.39, 0.29) is 5.57 Å². The van der Waals surface area contributed by atoms with Gasteiger partial charge in [0.25, 0.3) is 5.91 Å². The van der Waals surface area contributed by atoms with Crippen molar-refractivity contribution < 1.29 is 18.0 Å². The number of anilines is 1. The Morgan fingerprint density at radius 2 is 1.94 bits per heavy atom. The molecule has 0 saturated carbocycles. The maximum Gasteiger partial charge on any atom is 0.250 e. The van der Waals surface area contributed by atoms with Gasteiger partial charge in [0.15, 0.2) is 17.5 Å². The summed E-state index contributed by atoms with van der Waals surface area (Å²) in [6.45, 7) is 4.66. The van der Waals surface area contributed by atoms with Crippen LogP contribution in [-0.2, 0) is 4.79 Å². The van der Waals surface area contributed by atoms with Crippen LogP contribution in [0.25, 0.3) is 0 Å². The van der Waals surface area contributed by atoms with Crippen LogP contribution in [0.2, 0.25) is 0 Å². The summed E-state index contributed by atoms with van der Waals surface area (Å²) in [7, 11) is 0. The van der Waals surface area contributed by atoms with Crippen LogP contribution in [0.3, 0.4) is 0 Å². The number of rotatable bonds is 2. The molecule has 1 aromatic carbocycles. The van der Waals surface area contributed by atoms with Gasteiger partial charge in [-0.15, -0.1) is 0 Å². The summed E-state index contributed by atoms with van der Waals surface area (Å²) in [4.78, 5) is 11.2. The normalized spacial score (nSPS) is 9.59. The van der Waals surface area contributed by atoms with Crippen molar-refractivity contribution in [2.45, 2.75) is 6.92 Å². The van der Waals surface area contributed by atoms with Gasteiger partial charge in [0.1, 0.15) is 6.07 Å². The van der Waals surface area contributed by atoms with Gasteiger partial charge < -0.3 is 5.32 Å². The van der Waals surface area contributed by atoms with E-state index in [0.717, 1.165) is 0 Å². The molecule has 0 aliphatic carbocycles. The predicted molar refractivity (Wildman–Crippen MR) is 54.5 cm³/mol. The Labute approximate surface area is 95.2 Å². The quantitative estimate of drug-likeness (QED) is 0.637. The van der Waals surface area contributed by atoms with E-state index in [4.69, 9.17) is 5.26 Å². The maximum absolute atomic E-state index is 13.2. The number of carbonyl (C=O) groups is 1. The second-order valence-electron chi connectivity index (χ2n) is 3.26. The number of nitrogens with zero attached hydrogens (tertiary/aromatic N) is 1. The molecule has 0 spiro atoms. The second-order valence-corrected chi connectivity index (χ2v) is 3.26. The third kappa shape index (κ3) is 2.45. The lowest BCUT2D eigenvalue weighted by Crippen LogP contribution is -2.14. The molecule has 1 amide bonds. The van der Waals surface area contributed by atoms with Crippen molar-refractivity contribution in [1.29, 1.82) is 5.26 Å². The van der Waals surface area contributed by atoms with E-state index in [2.05, 4.69) is 6.58 Å². The van der Waals surface area contributed by atoms with Crippen LogP contribution < -0.4 is 5.32 Å². The molecular weight excluding hydrogens is 233 g/mol. The topological polar surface area (TPSA) is 52.9 Å². The number of hydrogen-bond acceptors (Lipinski definition) is 2. The van der Waals surface area contributed by atoms with E-state index in [1.807, 2.05) is 5.32 Å². The highest BCUT2D eigenvalue weighted by atomic mass is 19.2. The first-order valence-electron chi connectivity index (χ1n) is 4.43. The van der Waals surface area contributed by atoms with Crippen molar-refractivity contribution in [2.24, 2.45) is 0 Å². The summed E-state index contributed by atoms with van der Waals surface area (Å²) in [5.41, 5.74) is -1.23. The highest BCUT2D eigenvalue weighted by molar-refractivity contribution is 6.02. The predicted octanol–water partition coefficient (Wildman–Crippen LogP) is 2.49. The molecule has 0 heterocycles. The monoisotopic (exact) mass is 240 g/mol. The molecule has 0 radical (unpaired) electrons. The number of nitriles is 1. The summed E-state index contributed by atoms with van der Waals surface area (Å²) in [6.07, 6.45) is 0. The van der Waals surface area contributed by atoms with Gasteiger partial charge in [-0.3, -0.25) is 4.79 Å². The third-order valence-corrected chi connectivity index (χ3v) is 1.90. The molecular formula is C11H7F3N2O. The number of nitrogens with one attached hydrogen (secondary N) is 1. The summed E-state index contributed by atoms with van der Waals surface area (Å²) in [6, 6.07) is 2.07. The van der Waals surface area contributed by atoms with Crippen LogP contribution in [0, 0.1) is 28.8 Å². The Morgan fingerprint density at radius 1 is 1.35 bits per heavy atom. The Kier molecular flexibility index (Phi) is 3.53. The minimum atomic E-state index is -1.80. The third-order valence-electron chi connectivity index (χ3n) is 1.90. The van der Waals surface area contributed by atoms with Crippen LogP contribution in [0.1, 0.15) is 12.5 Å². The van der Waals surface area contributed by atoms with Gasteiger partial charge in [-0.25, -0.2) is 13.2 Å². The number of hydrogen-bond donors (Lipinski definition) is 1. The van der Waals surface area contributed by atoms with Gasteiger partial charge >= 0.3 is 0 Å². The van der Waals surface area contributed by atoms with Crippen molar-refractivity contribution in [1.82, 2.24) is 0 Å². The van der Waals surface area contributed by atoms with E-state index in [0.29, 0.717) is 6.07 Å². The number of benzene rings is 1. The fourth-order valence-electron chi connectivity index (χ4n) is 1.01. The molecule has 1 rings (SSSR count). The largest absolute Gasteiger partial charge is 0.320 e. The fourth-order valence-corrected chi connectivity index (χ4v) is 1.01. The zero-order valence-electron chi connectivity index (χ0n) is 8.77. The molecule has 0 saturated heterocycles. The molecule has 1 N–H and O–H groups in total. The molecule has 0 atom stereocenters. The van der Waals surface area contributed by atoms with Gasteiger partial charge in [0, 0.05) is 5.57 Å². The average molecular weight is 240 g/mol. The number of halogens is 3. The highest BCUT2D eigenvalue weighted by Gasteiger charge is 2.19. The minimum absolute atomic E-state index is 0.0626. The first kappa shape index (κ1) is 12.8. The molecule has 0 aromatic heterocycles. The smallest absolute Gasteiger partial charge is 0.250 e. The molecule has 6 heteroatoms. The summed E-state index contributed by atoms with van der Waals surface area (Å²) >= 11 is 0. The molecule has 3 nitrogen and oxygen atoms in total.